The van der Waals surface area contributed by atoms with Crippen LogP contribution < -0.4 is 15.0 Å². The molecule has 148 valence electrons. The Bertz CT molecular complexity index is 749. The van der Waals surface area contributed by atoms with Crippen molar-refractivity contribution < 1.29 is 19.2 Å². The first-order chi connectivity index (χ1) is 12.7. The number of hydrogen-bond acceptors (Lipinski definition) is 6. The maximum absolute atomic E-state index is 11.9. The molecule has 0 aromatic heterocycles. The zero-order chi connectivity index (χ0) is 20.3. The number of carbonyl (C=O) groups excluding carboxylic acids is 1. The van der Waals surface area contributed by atoms with Crippen LogP contribution in [0, 0.1) is 17.0 Å². The van der Waals surface area contributed by atoms with Gasteiger partial charge in [0.25, 0.3) is 0 Å². The van der Waals surface area contributed by atoms with Crippen LogP contribution in [0.15, 0.2) is 24.3 Å². The lowest BCUT2D eigenvalue weighted by Crippen LogP contribution is -2.47. The first-order valence-corrected chi connectivity index (χ1v) is 8.79. The quantitative estimate of drug-likeness (QED) is 0.446. The van der Waals surface area contributed by atoms with E-state index in [0.717, 1.165) is 12.1 Å². The number of rotatable bonds is 7. The summed E-state index contributed by atoms with van der Waals surface area (Å²) in [5.74, 6) is 0.00889. The van der Waals surface area contributed by atoms with Gasteiger partial charge in [0.2, 0.25) is 5.91 Å². The fourth-order valence-electron chi connectivity index (χ4n) is 3.66. The number of aryl methyl sites for hydroxylation is 1. The first-order valence-electron chi connectivity index (χ1n) is 8.79. The van der Waals surface area contributed by atoms with Crippen LogP contribution in [0.5, 0.6) is 5.75 Å². The third kappa shape index (κ3) is 4.21. The van der Waals surface area contributed by atoms with E-state index >= 15 is 0 Å². The summed E-state index contributed by atoms with van der Waals surface area (Å²) >= 11 is 0. The molecule has 27 heavy (non-hydrogen) atoms. The summed E-state index contributed by atoms with van der Waals surface area (Å²) in [7, 11) is 3.07. The fraction of sp³-hybridized carbons (Fsp3) is 0.526. The van der Waals surface area contributed by atoms with E-state index in [4.69, 9.17) is 9.47 Å². The predicted octanol–water partition coefficient (Wildman–Crippen LogP) is 2.59. The molecule has 8 heteroatoms. The molecule has 0 aliphatic carbocycles. The lowest BCUT2D eigenvalue weighted by atomic mass is 10.1. The zero-order valence-electron chi connectivity index (χ0n) is 16.4. The number of nitro benzene ring substituents is 1. The van der Waals surface area contributed by atoms with Crippen molar-refractivity contribution in [3.63, 3.8) is 0 Å². The third-order valence-corrected chi connectivity index (χ3v) is 4.95. The standard InChI is InChI=1S/C19H27N3O5/c1-11(2)19(23)20-10-15-16(26-5)8-13(4)21(15)14-7-12(3)18(22(24)25)17(9-14)27-6/h7,9,13,15-16H,1,8,10H2,2-6H3,(H,20,23). The Kier molecular flexibility index (Phi) is 6.43. The molecule has 1 amide bonds. The fourth-order valence-corrected chi connectivity index (χ4v) is 3.66. The number of nitro groups is 1. The normalized spacial score (nSPS) is 21.8. The Balaban J connectivity index is 2.40. The van der Waals surface area contributed by atoms with Crippen molar-refractivity contribution in [1.29, 1.82) is 0 Å². The van der Waals surface area contributed by atoms with Gasteiger partial charge in [-0.2, -0.15) is 0 Å². The van der Waals surface area contributed by atoms with E-state index in [1.807, 2.05) is 0 Å². The number of ether oxygens (including phenoxy) is 2. The van der Waals surface area contributed by atoms with E-state index in [1.165, 1.54) is 7.11 Å². The second kappa shape index (κ2) is 8.39. The van der Waals surface area contributed by atoms with Gasteiger partial charge in [0, 0.05) is 42.6 Å². The highest BCUT2D eigenvalue weighted by molar-refractivity contribution is 5.92. The second-order valence-electron chi connectivity index (χ2n) is 6.89. The molecule has 3 atom stereocenters. The number of benzene rings is 1. The minimum atomic E-state index is -0.437. The van der Waals surface area contributed by atoms with Crippen LogP contribution in [0.1, 0.15) is 25.8 Å². The van der Waals surface area contributed by atoms with Crippen LogP contribution in [0.3, 0.4) is 0 Å². The van der Waals surface area contributed by atoms with E-state index in [0.29, 0.717) is 17.7 Å². The lowest BCUT2D eigenvalue weighted by Gasteiger charge is -2.32. The van der Waals surface area contributed by atoms with Crippen LogP contribution in [-0.2, 0) is 9.53 Å². The number of anilines is 1. The highest BCUT2D eigenvalue weighted by Crippen LogP contribution is 2.39. The number of amides is 1. The maximum Gasteiger partial charge on any atom is 0.313 e. The van der Waals surface area contributed by atoms with E-state index in [-0.39, 0.29) is 35.5 Å². The Hall–Kier alpha value is -2.61. The van der Waals surface area contributed by atoms with E-state index in [1.54, 1.807) is 33.1 Å². The largest absolute Gasteiger partial charge is 0.490 e. The smallest absolute Gasteiger partial charge is 0.313 e. The Morgan fingerprint density at radius 3 is 2.63 bits per heavy atom. The molecule has 1 N–H and O–H groups in total. The topological polar surface area (TPSA) is 93.9 Å². The molecule has 0 bridgehead atoms. The monoisotopic (exact) mass is 377 g/mol. The van der Waals surface area contributed by atoms with Crippen molar-refractivity contribution in [3.05, 3.63) is 40.0 Å². The van der Waals surface area contributed by atoms with Gasteiger partial charge in [-0.15, -0.1) is 0 Å². The minimum Gasteiger partial charge on any atom is -0.490 e. The van der Waals surface area contributed by atoms with Crippen molar-refractivity contribution in [3.8, 4) is 5.75 Å². The van der Waals surface area contributed by atoms with Gasteiger partial charge in [0.15, 0.2) is 5.75 Å². The van der Waals surface area contributed by atoms with Crippen molar-refractivity contribution in [2.75, 3.05) is 25.7 Å². The van der Waals surface area contributed by atoms with Crippen LogP contribution in [0.2, 0.25) is 0 Å². The van der Waals surface area contributed by atoms with Gasteiger partial charge in [-0.05, 0) is 33.3 Å². The highest BCUT2D eigenvalue weighted by Gasteiger charge is 2.40. The van der Waals surface area contributed by atoms with Gasteiger partial charge in [0.1, 0.15) is 0 Å². The molecule has 3 unspecified atom stereocenters. The summed E-state index contributed by atoms with van der Waals surface area (Å²) < 4.78 is 10.9. The van der Waals surface area contributed by atoms with Crippen molar-refractivity contribution >= 4 is 17.3 Å². The average molecular weight is 377 g/mol. The molecule has 1 aliphatic heterocycles. The van der Waals surface area contributed by atoms with E-state index in [2.05, 4.69) is 23.7 Å². The molecule has 0 radical (unpaired) electrons. The van der Waals surface area contributed by atoms with Crippen molar-refractivity contribution in [2.24, 2.45) is 0 Å². The van der Waals surface area contributed by atoms with Crippen LogP contribution in [0.25, 0.3) is 0 Å². The molecule has 1 heterocycles. The molecule has 2 rings (SSSR count). The Morgan fingerprint density at radius 1 is 1.44 bits per heavy atom. The average Bonchev–Trinajstić information content (AvgIpc) is 2.93. The Morgan fingerprint density at radius 2 is 2.11 bits per heavy atom. The molecule has 1 saturated heterocycles. The number of nitrogens with one attached hydrogen (secondary N) is 1. The molecule has 0 spiro atoms. The Labute approximate surface area is 159 Å². The molecular weight excluding hydrogens is 350 g/mol. The molecule has 8 nitrogen and oxygen atoms in total. The van der Waals surface area contributed by atoms with Crippen molar-refractivity contribution in [1.82, 2.24) is 5.32 Å². The molecule has 1 aromatic rings. The minimum absolute atomic E-state index is 0.0384. The molecular formula is C19H27N3O5. The summed E-state index contributed by atoms with van der Waals surface area (Å²) in [5.41, 5.74) is 1.72. The summed E-state index contributed by atoms with van der Waals surface area (Å²) in [6.45, 7) is 9.45. The van der Waals surface area contributed by atoms with Crippen molar-refractivity contribution in [2.45, 2.75) is 45.4 Å². The number of hydrogen-bond donors (Lipinski definition) is 1. The highest BCUT2D eigenvalue weighted by atomic mass is 16.6. The van der Waals surface area contributed by atoms with Gasteiger partial charge in [-0.25, -0.2) is 0 Å². The van der Waals surface area contributed by atoms with Gasteiger partial charge in [0.05, 0.1) is 24.2 Å². The number of methoxy groups -OCH3 is 2. The SMILES string of the molecule is C=C(C)C(=O)NCC1C(OC)CC(C)N1c1cc(C)c([N+](=O)[O-])c(OC)c1. The van der Waals surface area contributed by atoms with Gasteiger partial charge >= 0.3 is 5.69 Å². The first kappa shape index (κ1) is 20.7. The molecule has 1 fully saturated rings. The summed E-state index contributed by atoms with van der Waals surface area (Å²) in [5, 5.41) is 14.2. The molecule has 0 saturated carbocycles. The van der Waals surface area contributed by atoms with Gasteiger partial charge in [-0.3, -0.25) is 14.9 Å². The number of nitrogens with zero attached hydrogens (tertiary/aromatic N) is 2. The lowest BCUT2D eigenvalue weighted by molar-refractivity contribution is -0.386. The summed E-state index contributed by atoms with van der Waals surface area (Å²) in [6, 6.07) is 3.47. The molecule has 1 aliphatic rings. The number of carbonyl (C=O) groups is 1. The molecule has 1 aromatic carbocycles. The summed E-state index contributed by atoms with van der Waals surface area (Å²) in [6.07, 6.45) is 0.703. The maximum atomic E-state index is 11.9. The predicted molar refractivity (Wildman–Crippen MR) is 103 cm³/mol. The van der Waals surface area contributed by atoms with E-state index < -0.39 is 4.92 Å². The van der Waals surface area contributed by atoms with Gasteiger partial charge < -0.3 is 19.7 Å². The van der Waals surface area contributed by atoms with E-state index in [9.17, 15) is 14.9 Å². The van der Waals surface area contributed by atoms with Crippen LogP contribution >= 0.6 is 0 Å². The van der Waals surface area contributed by atoms with Crippen LogP contribution in [0.4, 0.5) is 11.4 Å². The van der Waals surface area contributed by atoms with Gasteiger partial charge in [-0.1, -0.05) is 6.58 Å². The zero-order valence-corrected chi connectivity index (χ0v) is 16.4. The summed E-state index contributed by atoms with van der Waals surface area (Å²) in [4.78, 5) is 25.0. The third-order valence-electron chi connectivity index (χ3n) is 4.95. The van der Waals surface area contributed by atoms with Crippen LogP contribution in [-0.4, -0.2) is 49.8 Å². The second-order valence-corrected chi connectivity index (χ2v) is 6.89.